The van der Waals surface area contributed by atoms with Crippen LogP contribution >= 0.6 is 15.9 Å². The van der Waals surface area contributed by atoms with E-state index in [1.165, 1.54) is 42.1 Å². The highest BCUT2D eigenvalue weighted by Crippen LogP contribution is 2.33. The Morgan fingerprint density at radius 1 is 1.24 bits per heavy atom. The number of benzene rings is 1. The minimum Gasteiger partial charge on any atom is -0.319 e. The van der Waals surface area contributed by atoms with Crippen molar-refractivity contribution in [1.29, 1.82) is 0 Å². The molecule has 2 heteroatoms. The molecule has 1 nitrogen and oxygen atoms in total. The fourth-order valence-corrected chi connectivity index (χ4v) is 3.28. The molecule has 1 aliphatic carbocycles. The highest BCUT2D eigenvalue weighted by Gasteiger charge is 2.24. The van der Waals surface area contributed by atoms with E-state index in [1.54, 1.807) is 0 Å². The molecule has 1 saturated carbocycles. The van der Waals surface area contributed by atoms with Gasteiger partial charge in [0.25, 0.3) is 0 Å². The minimum absolute atomic E-state index is 0.809. The van der Waals surface area contributed by atoms with E-state index in [9.17, 15) is 0 Å². The predicted molar refractivity (Wildman–Crippen MR) is 77.2 cm³/mol. The maximum atomic E-state index is 3.50. The molecule has 1 unspecified atom stereocenters. The molecule has 0 aromatic heterocycles. The molecule has 2 rings (SSSR count). The van der Waals surface area contributed by atoms with Crippen LogP contribution in [-0.4, -0.2) is 13.6 Å². The van der Waals surface area contributed by atoms with Crippen LogP contribution in [0.15, 0.2) is 28.7 Å². The SMILES string of the molecule is CNCC(Cc1ccc(Br)cc1)C1CCCC1. The van der Waals surface area contributed by atoms with Gasteiger partial charge in [0, 0.05) is 4.47 Å². The monoisotopic (exact) mass is 295 g/mol. The Labute approximate surface area is 113 Å². The van der Waals surface area contributed by atoms with Gasteiger partial charge < -0.3 is 5.32 Å². The Kier molecular flexibility index (Phi) is 5.05. The van der Waals surface area contributed by atoms with Gasteiger partial charge in [0.05, 0.1) is 0 Å². The van der Waals surface area contributed by atoms with Crippen molar-refractivity contribution >= 4 is 15.9 Å². The molecule has 0 heterocycles. The van der Waals surface area contributed by atoms with E-state index < -0.39 is 0 Å². The Hall–Kier alpha value is -0.340. The summed E-state index contributed by atoms with van der Waals surface area (Å²) in [7, 11) is 2.07. The van der Waals surface area contributed by atoms with Crippen molar-refractivity contribution in [3.05, 3.63) is 34.3 Å². The Morgan fingerprint density at radius 3 is 2.47 bits per heavy atom. The third-order valence-corrected chi connectivity index (χ3v) is 4.47. The topological polar surface area (TPSA) is 12.0 Å². The van der Waals surface area contributed by atoms with Crippen molar-refractivity contribution in [2.24, 2.45) is 11.8 Å². The molecular weight excluding hydrogens is 274 g/mol. The average molecular weight is 296 g/mol. The second-order valence-electron chi connectivity index (χ2n) is 5.19. The van der Waals surface area contributed by atoms with E-state index in [-0.39, 0.29) is 0 Å². The molecule has 1 aromatic rings. The van der Waals surface area contributed by atoms with Crippen molar-refractivity contribution < 1.29 is 0 Å². The van der Waals surface area contributed by atoms with Crippen LogP contribution in [0.25, 0.3) is 0 Å². The molecule has 1 atom stereocenters. The van der Waals surface area contributed by atoms with Crippen LogP contribution in [0.3, 0.4) is 0 Å². The third-order valence-electron chi connectivity index (χ3n) is 3.94. The van der Waals surface area contributed by atoms with Gasteiger partial charge in [-0.3, -0.25) is 0 Å². The summed E-state index contributed by atoms with van der Waals surface area (Å²) in [5.41, 5.74) is 1.47. The molecular formula is C15H22BrN. The molecule has 1 N–H and O–H groups in total. The van der Waals surface area contributed by atoms with Gasteiger partial charge in [-0.25, -0.2) is 0 Å². The summed E-state index contributed by atoms with van der Waals surface area (Å²) < 4.78 is 1.17. The zero-order valence-electron chi connectivity index (χ0n) is 10.6. The maximum absolute atomic E-state index is 3.50. The Bertz CT molecular complexity index is 327. The lowest BCUT2D eigenvalue weighted by Gasteiger charge is -2.23. The van der Waals surface area contributed by atoms with E-state index in [2.05, 4.69) is 52.6 Å². The second kappa shape index (κ2) is 6.55. The summed E-state index contributed by atoms with van der Waals surface area (Å²) in [5, 5.41) is 3.37. The van der Waals surface area contributed by atoms with Gasteiger partial charge in [-0.1, -0.05) is 53.7 Å². The van der Waals surface area contributed by atoms with E-state index in [0.29, 0.717) is 0 Å². The van der Waals surface area contributed by atoms with Crippen LogP contribution in [0.1, 0.15) is 31.2 Å². The van der Waals surface area contributed by atoms with E-state index in [0.717, 1.165) is 18.4 Å². The van der Waals surface area contributed by atoms with Crippen LogP contribution in [0.2, 0.25) is 0 Å². The summed E-state index contributed by atoms with van der Waals surface area (Å²) in [4.78, 5) is 0. The standard InChI is InChI=1S/C15H22BrN/c1-17-11-14(13-4-2-3-5-13)10-12-6-8-15(16)9-7-12/h6-9,13-14,17H,2-5,10-11H2,1H3. The molecule has 0 aliphatic heterocycles. The largest absolute Gasteiger partial charge is 0.319 e. The first-order chi connectivity index (χ1) is 8.29. The van der Waals surface area contributed by atoms with Crippen LogP contribution in [0.4, 0.5) is 0 Å². The number of nitrogens with one attached hydrogen (secondary N) is 1. The predicted octanol–water partition coefficient (Wildman–Crippen LogP) is 4.02. The van der Waals surface area contributed by atoms with Crippen molar-refractivity contribution in [3.8, 4) is 0 Å². The maximum Gasteiger partial charge on any atom is 0.0175 e. The first kappa shape index (κ1) is 13.1. The number of hydrogen-bond acceptors (Lipinski definition) is 1. The summed E-state index contributed by atoms with van der Waals surface area (Å²) >= 11 is 3.50. The zero-order valence-corrected chi connectivity index (χ0v) is 12.2. The van der Waals surface area contributed by atoms with Crippen LogP contribution < -0.4 is 5.32 Å². The smallest absolute Gasteiger partial charge is 0.0175 e. The quantitative estimate of drug-likeness (QED) is 0.865. The molecule has 0 saturated heterocycles. The van der Waals surface area contributed by atoms with Crippen molar-refractivity contribution in [2.75, 3.05) is 13.6 Å². The lowest BCUT2D eigenvalue weighted by atomic mass is 9.85. The second-order valence-corrected chi connectivity index (χ2v) is 6.11. The minimum atomic E-state index is 0.809. The van der Waals surface area contributed by atoms with E-state index >= 15 is 0 Å². The van der Waals surface area contributed by atoms with E-state index in [4.69, 9.17) is 0 Å². The molecule has 1 aliphatic rings. The zero-order chi connectivity index (χ0) is 12.1. The highest BCUT2D eigenvalue weighted by atomic mass is 79.9. The molecule has 0 spiro atoms. The van der Waals surface area contributed by atoms with Crippen LogP contribution in [0, 0.1) is 11.8 Å². The van der Waals surface area contributed by atoms with Crippen molar-refractivity contribution in [3.63, 3.8) is 0 Å². The summed E-state index contributed by atoms with van der Waals surface area (Å²) in [5.74, 6) is 1.75. The van der Waals surface area contributed by atoms with Crippen molar-refractivity contribution in [2.45, 2.75) is 32.1 Å². The lowest BCUT2D eigenvalue weighted by molar-refractivity contribution is 0.328. The van der Waals surface area contributed by atoms with Gasteiger partial charge in [-0.05, 0) is 49.5 Å². The fraction of sp³-hybridized carbons (Fsp3) is 0.600. The molecule has 0 amide bonds. The molecule has 17 heavy (non-hydrogen) atoms. The van der Waals surface area contributed by atoms with Crippen LogP contribution in [-0.2, 0) is 6.42 Å². The third kappa shape index (κ3) is 3.82. The molecule has 0 radical (unpaired) electrons. The van der Waals surface area contributed by atoms with Gasteiger partial charge >= 0.3 is 0 Å². The summed E-state index contributed by atoms with van der Waals surface area (Å²) in [6.07, 6.45) is 6.96. The molecule has 94 valence electrons. The van der Waals surface area contributed by atoms with Crippen LogP contribution in [0.5, 0.6) is 0 Å². The molecule has 1 fully saturated rings. The number of hydrogen-bond donors (Lipinski definition) is 1. The van der Waals surface area contributed by atoms with Gasteiger partial charge in [-0.15, -0.1) is 0 Å². The van der Waals surface area contributed by atoms with Gasteiger partial charge in [0.1, 0.15) is 0 Å². The molecule has 0 bridgehead atoms. The van der Waals surface area contributed by atoms with E-state index in [1.807, 2.05) is 0 Å². The number of rotatable bonds is 5. The normalized spacial score (nSPS) is 18.5. The number of halogens is 1. The van der Waals surface area contributed by atoms with Gasteiger partial charge in [-0.2, -0.15) is 0 Å². The summed E-state index contributed by atoms with van der Waals surface area (Å²) in [6, 6.07) is 8.81. The fourth-order valence-electron chi connectivity index (χ4n) is 3.02. The molecule has 1 aromatic carbocycles. The first-order valence-electron chi connectivity index (χ1n) is 6.68. The van der Waals surface area contributed by atoms with Gasteiger partial charge in [0.2, 0.25) is 0 Å². The Balaban J connectivity index is 1.98. The Morgan fingerprint density at radius 2 is 1.88 bits per heavy atom. The first-order valence-corrected chi connectivity index (χ1v) is 7.48. The lowest BCUT2D eigenvalue weighted by Crippen LogP contribution is -2.26. The summed E-state index contributed by atoms with van der Waals surface area (Å²) in [6.45, 7) is 1.15. The van der Waals surface area contributed by atoms with Crippen molar-refractivity contribution in [1.82, 2.24) is 5.32 Å². The average Bonchev–Trinajstić information content (AvgIpc) is 2.85. The van der Waals surface area contributed by atoms with Gasteiger partial charge in [0.15, 0.2) is 0 Å². The highest BCUT2D eigenvalue weighted by molar-refractivity contribution is 9.10.